The van der Waals surface area contributed by atoms with Gasteiger partial charge in [0.1, 0.15) is 0 Å². The summed E-state index contributed by atoms with van der Waals surface area (Å²) in [5, 5.41) is 12.0. The van der Waals surface area contributed by atoms with Crippen molar-refractivity contribution in [3.8, 4) is 45.4 Å². The van der Waals surface area contributed by atoms with E-state index in [1.807, 2.05) is 41.7 Å². The van der Waals surface area contributed by atoms with E-state index in [4.69, 9.17) is 19.9 Å². The minimum Gasteiger partial charge on any atom is -0.291 e. The maximum Gasteiger partial charge on any atom is 0.164 e. The number of hydrogen-bond acceptors (Lipinski definition) is 5. The van der Waals surface area contributed by atoms with Gasteiger partial charge in [0.15, 0.2) is 23.1 Å². The van der Waals surface area contributed by atoms with Crippen molar-refractivity contribution in [2.45, 2.75) is 0 Å². The molecule has 4 heterocycles. The van der Waals surface area contributed by atoms with Gasteiger partial charge in [0.25, 0.3) is 0 Å². The number of pyridine rings is 1. The largest absolute Gasteiger partial charge is 0.291 e. The quantitative estimate of drug-likeness (QED) is 0.167. The van der Waals surface area contributed by atoms with Crippen molar-refractivity contribution in [2.75, 3.05) is 0 Å². The monoisotopic (exact) mass is 781 g/mol. The van der Waals surface area contributed by atoms with Crippen molar-refractivity contribution >= 4 is 91.3 Å². The normalized spacial score (nSPS) is 12.0. The summed E-state index contributed by atoms with van der Waals surface area (Å²) >= 11 is 1.83. The van der Waals surface area contributed by atoms with E-state index >= 15 is 0 Å². The van der Waals surface area contributed by atoms with Crippen LogP contribution in [0.15, 0.2) is 188 Å². The molecule has 60 heavy (non-hydrogen) atoms. The second-order valence-corrected chi connectivity index (χ2v) is 16.6. The van der Waals surface area contributed by atoms with Crippen molar-refractivity contribution in [2.24, 2.45) is 0 Å². The fraction of sp³-hybridized carbons (Fsp3) is 0. The van der Waals surface area contributed by atoms with E-state index < -0.39 is 0 Å². The highest BCUT2D eigenvalue weighted by Crippen LogP contribution is 2.43. The van der Waals surface area contributed by atoms with E-state index in [0.29, 0.717) is 17.5 Å². The number of hydrogen-bond donors (Lipinski definition) is 0. The molecular formula is C54H31N5S. The van der Waals surface area contributed by atoms with Crippen LogP contribution in [0.5, 0.6) is 0 Å². The lowest BCUT2D eigenvalue weighted by Crippen LogP contribution is -2.00. The number of nitrogens with zero attached hydrogens (tertiary/aromatic N) is 5. The molecule has 0 aliphatic heterocycles. The van der Waals surface area contributed by atoms with Gasteiger partial charge in [0.05, 0.1) is 21.4 Å². The van der Waals surface area contributed by atoms with Gasteiger partial charge in [-0.15, -0.1) is 11.3 Å². The molecule has 0 aliphatic carbocycles. The molecule has 0 spiro atoms. The van der Waals surface area contributed by atoms with Crippen LogP contribution in [0.3, 0.4) is 0 Å². The molecule has 0 aliphatic rings. The molecule has 0 saturated carbocycles. The zero-order valence-corrected chi connectivity index (χ0v) is 32.9. The highest BCUT2D eigenvalue weighted by atomic mass is 32.1. The Morgan fingerprint density at radius 2 is 0.883 bits per heavy atom. The van der Waals surface area contributed by atoms with Crippen molar-refractivity contribution < 1.29 is 0 Å². The smallest absolute Gasteiger partial charge is 0.164 e. The summed E-state index contributed by atoms with van der Waals surface area (Å²) in [7, 11) is 0. The maximum atomic E-state index is 5.54. The molecule has 0 unspecified atom stereocenters. The Morgan fingerprint density at radius 1 is 0.350 bits per heavy atom. The predicted octanol–water partition coefficient (Wildman–Crippen LogP) is 14.3. The molecule has 5 nitrogen and oxygen atoms in total. The number of benzene rings is 9. The van der Waals surface area contributed by atoms with Crippen LogP contribution in [0.25, 0.3) is 125 Å². The molecule has 13 aromatic rings. The topological polar surface area (TPSA) is 56.0 Å². The number of thiophene rings is 1. The van der Waals surface area contributed by atoms with E-state index in [2.05, 4.69) is 162 Å². The third kappa shape index (κ3) is 5.18. The first-order valence-corrected chi connectivity index (χ1v) is 20.9. The van der Waals surface area contributed by atoms with Crippen LogP contribution in [-0.2, 0) is 0 Å². The molecule has 0 N–H and O–H groups in total. The third-order valence-electron chi connectivity index (χ3n) is 11.9. The van der Waals surface area contributed by atoms with Crippen LogP contribution < -0.4 is 0 Å². The highest BCUT2D eigenvalue weighted by molar-refractivity contribution is 7.26. The lowest BCUT2D eigenvalue weighted by Gasteiger charge is -2.11. The Kier molecular flexibility index (Phi) is 7.11. The Bertz CT molecular complexity index is 3890. The first-order valence-electron chi connectivity index (χ1n) is 20.1. The summed E-state index contributed by atoms with van der Waals surface area (Å²) < 4.78 is 4.81. The van der Waals surface area contributed by atoms with Crippen LogP contribution in [0.1, 0.15) is 0 Å². The molecule has 0 fully saturated rings. The molecule has 0 saturated heterocycles. The Morgan fingerprint density at radius 3 is 1.60 bits per heavy atom. The lowest BCUT2D eigenvalue weighted by molar-refractivity contribution is 1.07. The van der Waals surface area contributed by atoms with Gasteiger partial charge in [-0.1, -0.05) is 146 Å². The molecular weight excluding hydrogens is 751 g/mol. The Labute approximate surface area is 347 Å². The van der Waals surface area contributed by atoms with Gasteiger partial charge in [0.2, 0.25) is 0 Å². The average Bonchev–Trinajstić information content (AvgIpc) is 3.88. The number of fused-ring (bicyclic) bond motifs is 12. The van der Waals surface area contributed by atoms with Crippen LogP contribution in [0.4, 0.5) is 0 Å². The molecule has 278 valence electrons. The number of imidazole rings is 1. The Hall–Kier alpha value is -7.80. The van der Waals surface area contributed by atoms with E-state index in [1.54, 1.807) is 0 Å². The van der Waals surface area contributed by atoms with Crippen molar-refractivity contribution in [3.63, 3.8) is 0 Å². The fourth-order valence-corrected chi connectivity index (χ4v) is 10.1. The lowest BCUT2D eigenvalue weighted by atomic mass is 10.0. The predicted molar refractivity (Wildman–Crippen MR) is 251 cm³/mol. The van der Waals surface area contributed by atoms with Gasteiger partial charge in [-0.2, -0.15) is 0 Å². The molecule has 9 aromatic carbocycles. The minimum atomic E-state index is 0.627. The standard InChI is InChI=1S/C54H31N5S/c1-2-11-34(12-3-1)51-56-52(58-53(57-51)42-23-18-32-10-4-5-13-36(32)27-42)35-21-19-33(20-22-35)47-31-45-44-29-39-16-8-9-17-40(39)30-48(44)60-50(45)54-55-49-43-28-38-15-7-6-14-37(38)26-41(43)24-25-46(49)59(47)54/h1-31H. The third-order valence-corrected chi connectivity index (χ3v) is 13.1. The van der Waals surface area contributed by atoms with Crippen molar-refractivity contribution in [3.05, 3.63) is 188 Å². The van der Waals surface area contributed by atoms with E-state index in [-0.39, 0.29) is 0 Å². The highest BCUT2D eigenvalue weighted by Gasteiger charge is 2.20. The van der Waals surface area contributed by atoms with Gasteiger partial charge in [0, 0.05) is 37.5 Å². The van der Waals surface area contributed by atoms with E-state index in [0.717, 1.165) is 55.4 Å². The van der Waals surface area contributed by atoms with Gasteiger partial charge in [-0.3, -0.25) is 4.40 Å². The number of aromatic nitrogens is 5. The summed E-state index contributed by atoms with van der Waals surface area (Å²) in [5.41, 5.74) is 8.03. The zero-order chi connectivity index (χ0) is 39.3. The van der Waals surface area contributed by atoms with E-state index in [1.165, 1.54) is 52.5 Å². The summed E-state index contributed by atoms with van der Waals surface area (Å²) in [6, 6.07) is 66.9. The van der Waals surface area contributed by atoms with Gasteiger partial charge in [-0.05, 0) is 85.7 Å². The van der Waals surface area contributed by atoms with Crippen LogP contribution in [0.2, 0.25) is 0 Å². The molecule has 0 amide bonds. The fourth-order valence-electron chi connectivity index (χ4n) is 8.94. The molecule has 0 radical (unpaired) electrons. The zero-order valence-electron chi connectivity index (χ0n) is 32.0. The van der Waals surface area contributed by atoms with Crippen LogP contribution in [-0.4, -0.2) is 24.3 Å². The SMILES string of the molecule is c1ccc(-c2nc(-c3ccc(-c4cc5c6cc7ccccc7cc6sc5c5nc6c7cc8ccccc8cc7ccc6n45)cc3)nc(-c3ccc4ccccc4c3)n2)cc1. The maximum absolute atomic E-state index is 5.54. The first-order chi connectivity index (χ1) is 29.7. The number of rotatable bonds is 4. The van der Waals surface area contributed by atoms with Gasteiger partial charge >= 0.3 is 0 Å². The summed E-state index contributed by atoms with van der Waals surface area (Å²) in [6.07, 6.45) is 0. The van der Waals surface area contributed by atoms with E-state index in [9.17, 15) is 0 Å². The molecule has 0 bridgehead atoms. The van der Waals surface area contributed by atoms with Crippen LogP contribution in [0, 0.1) is 0 Å². The summed E-state index contributed by atoms with van der Waals surface area (Å²) in [5.74, 6) is 1.91. The molecule has 4 aromatic heterocycles. The second kappa shape index (κ2) is 12.9. The molecule has 0 atom stereocenters. The Balaban J connectivity index is 1.03. The molecule has 13 rings (SSSR count). The van der Waals surface area contributed by atoms with Gasteiger partial charge < -0.3 is 0 Å². The average molecular weight is 782 g/mol. The summed E-state index contributed by atoms with van der Waals surface area (Å²) in [4.78, 5) is 20.7. The van der Waals surface area contributed by atoms with Crippen molar-refractivity contribution in [1.82, 2.24) is 24.3 Å². The summed E-state index contributed by atoms with van der Waals surface area (Å²) in [6.45, 7) is 0. The first kappa shape index (κ1) is 33.2. The van der Waals surface area contributed by atoms with Crippen molar-refractivity contribution in [1.29, 1.82) is 0 Å². The van der Waals surface area contributed by atoms with Crippen LogP contribution >= 0.6 is 11.3 Å². The van der Waals surface area contributed by atoms with Gasteiger partial charge in [-0.25, -0.2) is 19.9 Å². The second-order valence-electron chi connectivity index (χ2n) is 15.5. The minimum absolute atomic E-state index is 0.627. The molecule has 6 heteroatoms.